The highest BCUT2D eigenvalue weighted by molar-refractivity contribution is 5.73. The summed E-state index contributed by atoms with van der Waals surface area (Å²) in [6.45, 7) is 4.92. The third-order valence-corrected chi connectivity index (χ3v) is 5.28. The van der Waals surface area contributed by atoms with E-state index in [9.17, 15) is 9.90 Å². The Labute approximate surface area is 145 Å². The quantitative estimate of drug-likeness (QED) is 0.778. The van der Waals surface area contributed by atoms with Gasteiger partial charge in [-0.05, 0) is 25.6 Å². The molecule has 134 valence electrons. The first-order valence-electron chi connectivity index (χ1n) is 8.54. The number of fused-ring (bicyclic) bond motifs is 1. The van der Waals surface area contributed by atoms with Gasteiger partial charge in [0, 0.05) is 39.1 Å². The summed E-state index contributed by atoms with van der Waals surface area (Å²) in [5, 5.41) is 23.0. The first-order valence-corrected chi connectivity index (χ1v) is 8.54. The van der Waals surface area contributed by atoms with E-state index in [-0.39, 0.29) is 5.91 Å². The van der Waals surface area contributed by atoms with Crippen LogP contribution in [0.25, 0.3) is 5.65 Å². The Kier molecular flexibility index (Phi) is 3.84. The maximum atomic E-state index is 11.5. The Morgan fingerprint density at radius 3 is 2.96 bits per heavy atom. The number of carbonyl (C=O) groups is 1. The minimum Gasteiger partial charge on any atom is -0.387 e. The Morgan fingerprint density at radius 1 is 1.44 bits per heavy atom. The first kappa shape index (κ1) is 16.2. The number of hydrogen-bond acceptors (Lipinski definition) is 7. The smallest absolute Gasteiger partial charge is 0.219 e. The van der Waals surface area contributed by atoms with E-state index in [1.165, 1.54) is 0 Å². The molecule has 2 aromatic heterocycles. The van der Waals surface area contributed by atoms with Gasteiger partial charge in [0.05, 0.1) is 12.1 Å². The number of hydrogen-bond donors (Lipinski definition) is 1. The van der Waals surface area contributed by atoms with Gasteiger partial charge in [0.25, 0.3) is 0 Å². The van der Waals surface area contributed by atoms with Crippen LogP contribution >= 0.6 is 0 Å². The molecule has 1 N–H and O–H groups in total. The van der Waals surface area contributed by atoms with Gasteiger partial charge in [-0.3, -0.25) is 9.69 Å². The lowest BCUT2D eigenvalue weighted by atomic mass is 10.00. The van der Waals surface area contributed by atoms with Gasteiger partial charge < -0.3 is 14.9 Å². The van der Waals surface area contributed by atoms with E-state index in [1.54, 1.807) is 22.7 Å². The van der Waals surface area contributed by atoms with Gasteiger partial charge >= 0.3 is 0 Å². The molecular formula is C16H23N7O2. The Morgan fingerprint density at radius 2 is 2.24 bits per heavy atom. The molecule has 2 aromatic rings. The molecule has 4 rings (SSSR count). The minimum atomic E-state index is -0.805. The maximum absolute atomic E-state index is 11.5. The molecule has 0 spiro atoms. The number of likely N-dealkylation sites (tertiary alicyclic amines) is 1. The molecule has 0 saturated carbocycles. The lowest BCUT2D eigenvalue weighted by molar-refractivity contribution is -0.129. The largest absolute Gasteiger partial charge is 0.387 e. The predicted octanol–water partition coefficient (Wildman–Crippen LogP) is -0.772. The molecule has 2 aliphatic heterocycles. The molecule has 1 amide bonds. The van der Waals surface area contributed by atoms with E-state index >= 15 is 0 Å². The van der Waals surface area contributed by atoms with Crippen molar-refractivity contribution in [3.05, 3.63) is 18.5 Å². The van der Waals surface area contributed by atoms with Gasteiger partial charge in [-0.25, -0.2) is 0 Å². The molecule has 1 atom stereocenters. The van der Waals surface area contributed by atoms with Gasteiger partial charge in [-0.2, -0.15) is 4.52 Å². The number of β-amino-alcohol motifs (C(OH)–C–C–N with tert-alkyl or cyclic N) is 1. The van der Waals surface area contributed by atoms with Crippen molar-refractivity contribution in [2.24, 2.45) is 0 Å². The van der Waals surface area contributed by atoms with Crippen LogP contribution in [-0.2, 0) is 4.79 Å². The molecule has 25 heavy (non-hydrogen) atoms. The van der Waals surface area contributed by atoms with Crippen molar-refractivity contribution in [2.75, 3.05) is 44.7 Å². The molecule has 9 heteroatoms. The topological polar surface area (TPSA) is 90.1 Å². The number of aliphatic hydroxyl groups is 1. The van der Waals surface area contributed by atoms with Crippen molar-refractivity contribution in [1.29, 1.82) is 0 Å². The van der Waals surface area contributed by atoms with Crippen LogP contribution in [-0.4, -0.2) is 92.0 Å². The zero-order valence-corrected chi connectivity index (χ0v) is 14.5. The highest BCUT2D eigenvalue weighted by atomic mass is 16.3. The zero-order chi connectivity index (χ0) is 17.6. The molecule has 1 unspecified atom stereocenters. The summed E-state index contributed by atoms with van der Waals surface area (Å²) in [5.41, 5.74) is -0.0723. The van der Waals surface area contributed by atoms with Gasteiger partial charge in [0.2, 0.25) is 5.91 Å². The van der Waals surface area contributed by atoms with Crippen LogP contribution in [0.4, 0.5) is 5.82 Å². The van der Waals surface area contributed by atoms with Crippen molar-refractivity contribution < 1.29 is 9.90 Å². The van der Waals surface area contributed by atoms with E-state index in [1.807, 2.05) is 19.2 Å². The minimum absolute atomic E-state index is 0.0313. The van der Waals surface area contributed by atoms with E-state index in [4.69, 9.17) is 0 Å². The predicted molar refractivity (Wildman–Crippen MR) is 91.2 cm³/mol. The fourth-order valence-electron chi connectivity index (χ4n) is 3.66. The van der Waals surface area contributed by atoms with Crippen LogP contribution < -0.4 is 4.90 Å². The number of aromatic nitrogens is 4. The van der Waals surface area contributed by atoms with Crippen LogP contribution in [0.2, 0.25) is 0 Å². The fourth-order valence-corrected chi connectivity index (χ4v) is 3.66. The van der Waals surface area contributed by atoms with Crippen LogP contribution in [0.5, 0.6) is 0 Å². The number of carbonyl (C=O) groups excluding carboxylic acids is 1. The lowest BCUT2D eigenvalue weighted by Gasteiger charge is -2.46. The van der Waals surface area contributed by atoms with Gasteiger partial charge in [-0.15, -0.1) is 15.3 Å². The molecule has 0 aliphatic carbocycles. The first-order chi connectivity index (χ1) is 11.9. The number of likely N-dealkylation sites (N-methyl/N-ethyl adjacent to an activating group) is 1. The van der Waals surface area contributed by atoms with Crippen molar-refractivity contribution >= 4 is 17.4 Å². The third-order valence-electron chi connectivity index (χ3n) is 5.28. The fraction of sp³-hybridized carbons (Fsp3) is 0.625. The van der Waals surface area contributed by atoms with E-state index < -0.39 is 5.60 Å². The second-order valence-electron chi connectivity index (χ2n) is 7.21. The molecular weight excluding hydrogens is 322 g/mol. The highest BCUT2D eigenvalue weighted by Gasteiger charge is 2.41. The average Bonchev–Trinajstić information content (AvgIpc) is 3.11. The normalized spacial score (nSPS) is 24.3. The lowest BCUT2D eigenvalue weighted by Crippen LogP contribution is -2.61. The number of rotatable bonds is 4. The molecule has 2 saturated heterocycles. The molecule has 2 aliphatic rings. The number of nitrogens with zero attached hydrogens (tertiary/aromatic N) is 7. The van der Waals surface area contributed by atoms with Crippen molar-refractivity contribution in [3.63, 3.8) is 0 Å². The highest BCUT2D eigenvalue weighted by Crippen LogP contribution is 2.26. The monoisotopic (exact) mass is 345 g/mol. The molecule has 9 nitrogen and oxygen atoms in total. The summed E-state index contributed by atoms with van der Waals surface area (Å²) in [5.74, 6) is 0.933. The summed E-state index contributed by atoms with van der Waals surface area (Å²) in [4.78, 5) is 17.6. The standard InChI is InChI=1S/C16H23N7O2/c1-12(24)21-6-5-16(25,10-21)9-20(2)13-7-22(8-13)15-4-3-14-18-17-11-23(14)19-15/h3-4,11,13,25H,5-10H2,1-2H3. The van der Waals surface area contributed by atoms with Crippen LogP contribution in [0, 0.1) is 0 Å². The second kappa shape index (κ2) is 5.92. The zero-order valence-electron chi connectivity index (χ0n) is 14.5. The van der Waals surface area contributed by atoms with Crippen LogP contribution in [0.3, 0.4) is 0 Å². The summed E-state index contributed by atoms with van der Waals surface area (Å²) in [6.07, 6.45) is 2.23. The van der Waals surface area contributed by atoms with Crippen LogP contribution in [0.1, 0.15) is 13.3 Å². The van der Waals surface area contributed by atoms with Crippen molar-refractivity contribution in [3.8, 4) is 0 Å². The maximum Gasteiger partial charge on any atom is 0.219 e. The molecule has 4 heterocycles. The average molecular weight is 345 g/mol. The number of amides is 1. The second-order valence-corrected chi connectivity index (χ2v) is 7.21. The van der Waals surface area contributed by atoms with Gasteiger partial charge in [0.15, 0.2) is 5.65 Å². The van der Waals surface area contributed by atoms with Gasteiger partial charge in [-0.1, -0.05) is 0 Å². The Balaban J connectivity index is 1.33. The van der Waals surface area contributed by atoms with Crippen LogP contribution in [0.15, 0.2) is 18.5 Å². The molecule has 2 fully saturated rings. The molecule has 0 bridgehead atoms. The third kappa shape index (κ3) is 3.05. The summed E-state index contributed by atoms with van der Waals surface area (Å²) in [6, 6.07) is 4.23. The Hall–Kier alpha value is -2.26. The Bertz CT molecular complexity index is 788. The van der Waals surface area contributed by atoms with E-state index in [0.717, 1.165) is 24.6 Å². The molecule has 0 radical (unpaired) electrons. The van der Waals surface area contributed by atoms with Crippen molar-refractivity contribution in [1.82, 2.24) is 29.6 Å². The van der Waals surface area contributed by atoms with E-state index in [2.05, 4.69) is 25.1 Å². The SMILES string of the molecule is CC(=O)N1CCC(O)(CN(C)C2CN(c3ccc4nncn4n3)C2)C1. The summed E-state index contributed by atoms with van der Waals surface area (Å²) in [7, 11) is 2.03. The van der Waals surface area contributed by atoms with Gasteiger partial charge in [0.1, 0.15) is 12.1 Å². The number of anilines is 1. The van der Waals surface area contributed by atoms with E-state index in [0.29, 0.717) is 32.1 Å². The summed E-state index contributed by atoms with van der Waals surface area (Å²) >= 11 is 0. The van der Waals surface area contributed by atoms with Crippen molar-refractivity contribution in [2.45, 2.75) is 25.0 Å². The summed E-state index contributed by atoms with van der Waals surface area (Å²) < 4.78 is 1.67. The molecule has 0 aromatic carbocycles.